The highest BCUT2D eigenvalue weighted by atomic mass is 15.3. The number of aromatic nitrogens is 5. The predicted molar refractivity (Wildman–Crippen MR) is 202 cm³/mol. The quantitative estimate of drug-likeness (QED) is 0.184. The zero-order valence-corrected chi connectivity index (χ0v) is 26.9. The minimum atomic E-state index is 0.552. The van der Waals surface area contributed by atoms with Crippen LogP contribution in [0.5, 0.6) is 0 Å². The van der Waals surface area contributed by atoms with Crippen LogP contribution >= 0.6 is 0 Å². The van der Waals surface area contributed by atoms with Crippen LogP contribution in [-0.4, -0.2) is 24.1 Å². The maximum atomic E-state index is 5.38. The molecule has 0 atom stereocenters. The van der Waals surface area contributed by atoms with Crippen molar-refractivity contribution >= 4 is 38.8 Å². The van der Waals surface area contributed by atoms with Gasteiger partial charge in [0.15, 0.2) is 5.82 Å². The standard InChI is InChI=1S/C44H31N5/c1-2-16-32-29-48(38-26-12-9-21-33(32)38)43-45-42(46-44(47-43)49-39-27-13-10-22-36(39)37-23-11-14-28-40(37)49)41-34(30-17-5-3-6-18-30)24-15-25-35(41)31-19-7-4-8-20-31/h2-29H,1H3/b16-2-. The molecule has 0 aliphatic heterocycles. The molecule has 0 fully saturated rings. The maximum absolute atomic E-state index is 5.38. The number of rotatable bonds is 6. The molecule has 0 N–H and O–H groups in total. The van der Waals surface area contributed by atoms with Crippen LogP contribution in [0.15, 0.2) is 164 Å². The Morgan fingerprint density at radius 2 is 0.980 bits per heavy atom. The van der Waals surface area contributed by atoms with Gasteiger partial charge in [0, 0.05) is 33.5 Å². The fourth-order valence-corrected chi connectivity index (χ4v) is 7.01. The third-order valence-electron chi connectivity index (χ3n) is 9.15. The van der Waals surface area contributed by atoms with Crippen LogP contribution in [0.25, 0.3) is 84.3 Å². The highest BCUT2D eigenvalue weighted by molar-refractivity contribution is 6.09. The number of fused-ring (bicyclic) bond motifs is 4. The molecule has 232 valence electrons. The Hall–Kier alpha value is -6.59. The molecule has 0 unspecified atom stereocenters. The van der Waals surface area contributed by atoms with E-state index in [-0.39, 0.29) is 0 Å². The van der Waals surface area contributed by atoms with Crippen LogP contribution in [0.2, 0.25) is 0 Å². The number of nitrogens with zero attached hydrogens (tertiary/aromatic N) is 5. The van der Waals surface area contributed by atoms with E-state index in [0.29, 0.717) is 17.7 Å². The van der Waals surface area contributed by atoms with E-state index in [1.807, 2.05) is 19.1 Å². The van der Waals surface area contributed by atoms with E-state index >= 15 is 0 Å². The first-order chi connectivity index (χ1) is 24.3. The van der Waals surface area contributed by atoms with Gasteiger partial charge >= 0.3 is 0 Å². The predicted octanol–water partition coefficient (Wildman–Crippen LogP) is 10.9. The Bertz CT molecular complexity index is 2550. The highest BCUT2D eigenvalue weighted by Gasteiger charge is 2.22. The smallest absolute Gasteiger partial charge is 0.240 e. The first-order valence-corrected chi connectivity index (χ1v) is 16.5. The van der Waals surface area contributed by atoms with Crippen molar-refractivity contribution in [3.05, 3.63) is 169 Å². The summed E-state index contributed by atoms with van der Waals surface area (Å²) >= 11 is 0. The molecular weight excluding hydrogens is 599 g/mol. The second-order valence-electron chi connectivity index (χ2n) is 12.1. The second-order valence-corrected chi connectivity index (χ2v) is 12.1. The molecule has 0 amide bonds. The summed E-state index contributed by atoms with van der Waals surface area (Å²) < 4.78 is 4.27. The van der Waals surface area contributed by atoms with Crippen molar-refractivity contribution in [1.29, 1.82) is 0 Å². The molecule has 5 heteroatoms. The van der Waals surface area contributed by atoms with Crippen LogP contribution in [0.3, 0.4) is 0 Å². The van der Waals surface area contributed by atoms with Crippen LogP contribution in [0.4, 0.5) is 0 Å². The second kappa shape index (κ2) is 11.9. The van der Waals surface area contributed by atoms with Gasteiger partial charge in [-0.1, -0.05) is 146 Å². The van der Waals surface area contributed by atoms with Crippen LogP contribution in [0.1, 0.15) is 12.5 Å². The fourth-order valence-electron chi connectivity index (χ4n) is 7.01. The molecule has 3 aromatic heterocycles. The Balaban J connectivity index is 1.42. The van der Waals surface area contributed by atoms with E-state index in [2.05, 4.69) is 167 Å². The van der Waals surface area contributed by atoms with Crippen molar-refractivity contribution in [1.82, 2.24) is 24.1 Å². The van der Waals surface area contributed by atoms with Gasteiger partial charge < -0.3 is 0 Å². The summed E-state index contributed by atoms with van der Waals surface area (Å²) in [4.78, 5) is 16.0. The van der Waals surface area contributed by atoms with Gasteiger partial charge in [-0.2, -0.15) is 15.0 Å². The van der Waals surface area contributed by atoms with Gasteiger partial charge in [-0.25, -0.2) is 0 Å². The molecule has 6 aromatic carbocycles. The maximum Gasteiger partial charge on any atom is 0.240 e. The third-order valence-corrected chi connectivity index (χ3v) is 9.15. The molecule has 9 aromatic rings. The van der Waals surface area contributed by atoms with Gasteiger partial charge in [0.05, 0.1) is 16.6 Å². The lowest BCUT2D eigenvalue weighted by Crippen LogP contribution is -2.10. The number of allylic oxidation sites excluding steroid dienone is 1. The minimum absolute atomic E-state index is 0.552. The molecule has 9 rings (SSSR count). The zero-order valence-electron chi connectivity index (χ0n) is 26.9. The average Bonchev–Trinajstić information content (AvgIpc) is 3.71. The van der Waals surface area contributed by atoms with E-state index in [4.69, 9.17) is 15.0 Å². The van der Waals surface area contributed by atoms with Gasteiger partial charge in [-0.05, 0) is 47.4 Å². The van der Waals surface area contributed by atoms with E-state index in [9.17, 15) is 0 Å². The van der Waals surface area contributed by atoms with Crippen molar-refractivity contribution < 1.29 is 0 Å². The molecule has 0 aliphatic carbocycles. The molecule has 0 saturated carbocycles. The molecule has 49 heavy (non-hydrogen) atoms. The summed E-state index contributed by atoms with van der Waals surface area (Å²) in [6.45, 7) is 2.04. The average molecular weight is 630 g/mol. The molecule has 5 nitrogen and oxygen atoms in total. The van der Waals surface area contributed by atoms with Gasteiger partial charge in [0.25, 0.3) is 0 Å². The van der Waals surface area contributed by atoms with E-state index in [1.54, 1.807) is 0 Å². The van der Waals surface area contributed by atoms with Crippen LogP contribution in [-0.2, 0) is 0 Å². The molecule has 0 saturated heterocycles. The first-order valence-electron chi connectivity index (χ1n) is 16.5. The highest BCUT2D eigenvalue weighted by Crippen LogP contribution is 2.40. The largest absolute Gasteiger partial charge is 0.285 e. The van der Waals surface area contributed by atoms with Gasteiger partial charge in [0.2, 0.25) is 11.9 Å². The lowest BCUT2D eigenvalue weighted by atomic mass is 9.91. The lowest BCUT2D eigenvalue weighted by Gasteiger charge is -2.17. The van der Waals surface area contributed by atoms with E-state index in [0.717, 1.165) is 66.1 Å². The number of hydrogen-bond donors (Lipinski definition) is 0. The molecule has 0 bridgehead atoms. The van der Waals surface area contributed by atoms with Crippen molar-refractivity contribution in [2.45, 2.75) is 6.92 Å². The normalized spacial score (nSPS) is 11.7. The third kappa shape index (κ3) is 4.83. The first kappa shape index (κ1) is 28.6. The molecule has 0 radical (unpaired) electrons. The number of para-hydroxylation sites is 3. The molecule has 3 heterocycles. The summed E-state index contributed by atoms with van der Waals surface area (Å²) in [5.74, 6) is 1.71. The SMILES string of the molecule is C/C=C\c1cn(-c2nc(-c3c(-c4ccccc4)cccc3-c3ccccc3)nc(-n3c4ccccc4c4ccccc43)n2)c2ccccc12. The van der Waals surface area contributed by atoms with Crippen molar-refractivity contribution in [3.63, 3.8) is 0 Å². The topological polar surface area (TPSA) is 48.5 Å². The molecule has 0 aliphatic rings. The van der Waals surface area contributed by atoms with Gasteiger partial charge in [-0.3, -0.25) is 9.13 Å². The van der Waals surface area contributed by atoms with Gasteiger partial charge in [-0.15, -0.1) is 0 Å². The fraction of sp³-hybridized carbons (Fsp3) is 0.0227. The van der Waals surface area contributed by atoms with E-state index < -0.39 is 0 Å². The summed E-state index contributed by atoms with van der Waals surface area (Å²) in [6, 6.07) is 52.7. The lowest BCUT2D eigenvalue weighted by molar-refractivity contribution is 0.881. The van der Waals surface area contributed by atoms with Crippen LogP contribution < -0.4 is 0 Å². The molecular formula is C44H31N5. The van der Waals surface area contributed by atoms with E-state index in [1.165, 1.54) is 0 Å². The van der Waals surface area contributed by atoms with Crippen LogP contribution in [0, 0.1) is 0 Å². The number of hydrogen-bond acceptors (Lipinski definition) is 3. The van der Waals surface area contributed by atoms with Crippen molar-refractivity contribution in [2.75, 3.05) is 0 Å². The van der Waals surface area contributed by atoms with Gasteiger partial charge in [0.1, 0.15) is 0 Å². The minimum Gasteiger partial charge on any atom is -0.285 e. The summed E-state index contributed by atoms with van der Waals surface area (Å²) in [5, 5.41) is 3.44. The number of benzene rings is 6. The summed E-state index contributed by atoms with van der Waals surface area (Å²) in [5.41, 5.74) is 9.47. The Kier molecular flexibility index (Phi) is 6.95. The Labute approximate surface area is 284 Å². The van der Waals surface area contributed by atoms with Crippen molar-refractivity contribution in [2.24, 2.45) is 0 Å². The zero-order chi connectivity index (χ0) is 32.7. The molecule has 0 spiro atoms. The summed E-state index contributed by atoms with van der Waals surface area (Å²) in [7, 11) is 0. The monoisotopic (exact) mass is 629 g/mol. The Morgan fingerprint density at radius 1 is 0.469 bits per heavy atom. The van der Waals surface area contributed by atoms with Crippen molar-refractivity contribution in [3.8, 4) is 45.5 Å². The summed E-state index contributed by atoms with van der Waals surface area (Å²) in [6.07, 6.45) is 6.32. The Morgan fingerprint density at radius 3 is 1.57 bits per heavy atom.